The third-order valence-electron chi connectivity index (χ3n) is 5.04. The number of aromatic nitrogens is 4. The molecule has 1 aliphatic rings. The molecule has 1 saturated heterocycles. The summed E-state index contributed by atoms with van der Waals surface area (Å²) >= 11 is 0. The van der Waals surface area contributed by atoms with E-state index in [9.17, 15) is 18.0 Å². The van der Waals surface area contributed by atoms with Gasteiger partial charge in [0.1, 0.15) is 5.82 Å². The fraction of sp³-hybridized carbons (Fsp3) is 0.286. The van der Waals surface area contributed by atoms with Gasteiger partial charge in [-0.05, 0) is 49.6 Å². The van der Waals surface area contributed by atoms with Crippen molar-refractivity contribution < 1.29 is 18.0 Å². The lowest BCUT2D eigenvalue weighted by molar-refractivity contribution is -0.137. The normalized spacial score (nSPS) is 16.7. The molecule has 4 rings (SSSR count). The van der Waals surface area contributed by atoms with E-state index in [0.717, 1.165) is 37.6 Å². The van der Waals surface area contributed by atoms with Crippen LogP contribution in [0, 0.1) is 0 Å². The highest BCUT2D eigenvalue weighted by Crippen LogP contribution is 2.32. The summed E-state index contributed by atoms with van der Waals surface area (Å²) < 4.78 is 38.8. The topological polar surface area (TPSA) is 83.9 Å². The van der Waals surface area contributed by atoms with Gasteiger partial charge in [-0.3, -0.25) is 9.78 Å². The molecule has 0 aromatic carbocycles. The number of hydrogen-bond acceptors (Lipinski definition) is 6. The Kier molecular flexibility index (Phi) is 5.79. The van der Waals surface area contributed by atoms with Crippen LogP contribution in [0.5, 0.6) is 0 Å². The summed E-state index contributed by atoms with van der Waals surface area (Å²) in [6.45, 7) is 0.591. The van der Waals surface area contributed by atoms with Crippen LogP contribution in [0.15, 0.2) is 55.1 Å². The van der Waals surface area contributed by atoms with Gasteiger partial charge in [0.2, 0.25) is 5.95 Å². The second-order valence-corrected chi connectivity index (χ2v) is 7.10. The molecule has 0 aliphatic carbocycles. The molecule has 1 atom stereocenters. The van der Waals surface area contributed by atoms with Gasteiger partial charge in [-0.15, -0.1) is 0 Å². The number of piperidine rings is 1. The van der Waals surface area contributed by atoms with Crippen molar-refractivity contribution in [3.63, 3.8) is 0 Å². The maximum atomic E-state index is 13.0. The van der Waals surface area contributed by atoms with Crippen molar-refractivity contribution in [3.8, 4) is 0 Å². The van der Waals surface area contributed by atoms with Crippen molar-refractivity contribution in [1.82, 2.24) is 24.8 Å². The maximum Gasteiger partial charge on any atom is 0.416 e. The van der Waals surface area contributed by atoms with Gasteiger partial charge in [-0.2, -0.15) is 13.2 Å². The van der Waals surface area contributed by atoms with Crippen LogP contribution in [-0.4, -0.2) is 37.3 Å². The zero-order chi connectivity index (χ0) is 21.8. The molecule has 0 unspecified atom stereocenters. The second-order valence-electron chi connectivity index (χ2n) is 7.10. The predicted molar refractivity (Wildman–Crippen MR) is 106 cm³/mol. The maximum absolute atomic E-state index is 13.0. The second kappa shape index (κ2) is 8.66. The lowest BCUT2D eigenvalue weighted by atomic mass is 9.98. The minimum Gasteiger partial charge on any atom is -0.330 e. The Balaban J connectivity index is 1.57. The van der Waals surface area contributed by atoms with Crippen LogP contribution in [-0.2, 0) is 6.18 Å². The zero-order valence-electron chi connectivity index (χ0n) is 16.4. The molecular weight excluding hydrogens is 409 g/mol. The first-order valence-electron chi connectivity index (χ1n) is 9.76. The Morgan fingerprint density at radius 3 is 2.58 bits per heavy atom. The number of hydrogen-bond donors (Lipinski definition) is 1. The van der Waals surface area contributed by atoms with Crippen molar-refractivity contribution in [2.75, 3.05) is 11.9 Å². The fourth-order valence-electron chi connectivity index (χ4n) is 3.55. The van der Waals surface area contributed by atoms with Crippen LogP contribution in [0.3, 0.4) is 0 Å². The van der Waals surface area contributed by atoms with Gasteiger partial charge in [0.25, 0.3) is 5.91 Å². The number of likely N-dealkylation sites (tertiary alicyclic amines) is 1. The van der Waals surface area contributed by atoms with E-state index in [-0.39, 0.29) is 23.7 Å². The van der Waals surface area contributed by atoms with E-state index < -0.39 is 11.7 Å². The Hall–Kier alpha value is -3.56. The molecule has 10 heteroatoms. The molecule has 4 heterocycles. The fourth-order valence-corrected chi connectivity index (χ4v) is 3.55. The molecular formula is C21H19F3N6O. The van der Waals surface area contributed by atoms with Crippen LogP contribution < -0.4 is 5.32 Å². The number of rotatable bonds is 4. The van der Waals surface area contributed by atoms with Crippen LogP contribution in [0.25, 0.3) is 0 Å². The Morgan fingerprint density at radius 1 is 1.03 bits per heavy atom. The molecule has 0 spiro atoms. The highest BCUT2D eigenvalue weighted by Gasteiger charge is 2.31. The van der Waals surface area contributed by atoms with Gasteiger partial charge in [-0.25, -0.2) is 15.0 Å². The number of halogens is 3. The quantitative estimate of drug-likeness (QED) is 0.663. The summed E-state index contributed by atoms with van der Waals surface area (Å²) in [7, 11) is 0. The first-order valence-corrected chi connectivity index (χ1v) is 9.76. The van der Waals surface area contributed by atoms with Gasteiger partial charge in [0, 0.05) is 36.9 Å². The van der Waals surface area contributed by atoms with Crippen LogP contribution in [0.4, 0.5) is 24.9 Å². The van der Waals surface area contributed by atoms with Gasteiger partial charge in [0.15, 0.2) is 0 Å². The van der Waals surface area contributed by atoms with E-state index in [0.29, 0.717) is 17.8 Å². The number of nitrogens with one attached hydrogen (secondary N) is 1. The van der Waals surface area contributed by atoms with Crippen molar-refractivity contribution in [3.05, 3.63) is 71.9 Å². The standard InChI is InChI=1S/C21H19F3N6O/c22-21(23,24)15-6-10-26-18(13-15)29-20-27-11-7-16(28-20)17-3-1-2-12-30(17)19(31)14-4-8-25-9-5-14/h4-11,13,17H,1-3,12H2,(H,26,27,28,29)/t17-/m1/s1. The summed E-state index contributed by atoms with van der Waals surface area (Å²) in [4.78, 5) is 31.2. The molecule has 3 aromatic rings. The van der Waals surface area contributed by atoms with E-state index in [2.05, 4.69) is 25.3 Å². The summed E-state index contributed by atoms with van der Waals surface area (Å²) in [5, 5.41) is 2.73. The average Bonchev–Trinajstić information content (AvgIpc) is 2.79. The number of carbonyl (C=O) groups is 1. The molecule has 1 aliphatic heterocycles. The van der Waals surface area contributed by atoms with Crippen molar-refractivity contribution in [2.45, 2.75) is 31.5 Å². The first kappa shape index (κ1) is 20.7. The van der Waals surface area contributed by atoms with Crippen molar-refractivity contribution in [2.24, 2.45) is 0 Å². The zero-order valence-corrected chi connectivity index (χ0v) is 16.4. The number of amides is 1. The lowest BCUT2D eigenvalue weighted by Crippen LogP contribution is -2.39. The molecule has 3 aromatic heterocycles. The van der Waals surface area contributed by atoms with E-state index in [1.807, 2.05) is 0 Å². The Bertz CT molecular complexity index is 1060. The summed E-state index contributed by atoms with van der Waals surface area (Å²) in [6, 6.07) is 6.59. The monoisotopic (exact) mass is 428 g/mol. The summed E-state index contributed by atoms with van der Waals surface area (Å²) in [5.74, 6) is -0.00804. The minimum absolute atomic E-state index is 0.0136. The number of alkyl halides is 3. The average molecular weight is 428 g/mol. The van der Waals surface area contributed by atoms with Gasteiger partial charge >= 0.3 is 6.18 Å². The lowest BCUT2D eigenvalue weighted by Gasteiger charge is -2.35. The van der Waals surface area contributed by atoms with Gasteiger partial charge < -0.3 is 10.2 Å². The number of carbonyl (C=O) groups excluding carboxylic acids is 1. The van der Waals surface area contributed by atoms with Crippen molar-refractivity contribution in [1.29, 1.82) is 0 Å². The first-order chi connectivity index (χ1) is 14.9. The molecule has 1 N–H and O–H groups in total. The molecule has 0 saturated carbocycles. The number of pyridine rings is 2. The molecule has 1 fully saturated rings. The molecule has 0 radical (unpaired) electrons. The van der Waals surface area contributed by atoms with E-state index in [4.69, 9.17) is 0 Å². The van der Waals surface area contributed by atoms with Gasteiger partial charge in [-0.1, -0.05) is 0 Å². The summed E-state index contributed by atoms with van der Waals surface area (Å²) in [6.07, 6.45) is 3.81. The highest BCUT2D eigenvalue weighted by molar-refractivity contribution is 5.94. The van der Waals surface area contributed by atoms with E-state index >= 15 is 0 Å². The number of anilines is 2. The summed E-state index contributed by atoms with van der Waals surface area (Å²) in [5.41, 5.74) is 0.344. The molecule has 160 valence electrons. The molecule has 0 bridgehead atoms. The largest absolute Gasteiger partial charge is 0.416 e. The third kappa shape index (κ3) is 4.79. The Morgan fingerprint density at radius 2 is 1.81 bits per heavy atom. The van der Waals surface area contributed by atoms with Crippen LogP contribution in [0.1, 0.15) is 46.9 Å². The smallest absolute Gasteiger partial charge is 0.330 e. The number of nitrogens with zero attached hydrogens (tertiary/aromatic N) is 5. The SMILES string of the molecule is O=C(c1ccncc1)N1CCCC[C@@H]1c1ccnc(Nc2cc(C(F)(F)F)ccn2)n1. The predicted octanol–water partition coefficient (Wildman–Crippen LogP) is 4.40. The highest BCUT2D eigenvalue weighted by atomic mass is 19.4. The Labute approximate surface area is 176 Å². The molecule has 31 heavy (non-hydrogen) atoms. The third-order valence-corrected chi connectivity index (χ3v) is 5.04. The van der Waals surface area contributed by atoms with Crippen molar-refractivity contribution >= 4 is 17.7 Å². The van der Waals surface area contributed by atoms with Gasteiger partial charge in [0.05, 0.1) is 17.3 Å². The van der Waals surface area contributed by atoms with E-state index in [1.54, 1.807) is 35.5 Å². The molecule has 1 amide bonds. The van der Waals surface area contributed by atoms with E-state index in [1.165, 1.54) is 6.20 Å². The minimum atomic E-state index is -4.47. The molecule has 7 nitrogen and oxygen atoms in total. The van der Waals surface area contributed by atoms with Crippen LogP contribution >= 0.6 is 0 Å². The van der Waals surface area contributed by atoms with Crippen LogP contribution in [0.2, 0.25) is 0 Å².